The number of aryl methyl sites for hydroxylation is 1. The summed E-state index contributed by atoms with van der Waals surface area (Å²) in [6, 6.07) is 13.4. The van der Waals surface area contributed by atoms with Crippen molar-refractivity contribution < 1.29 is 14.3 Å². The van der Waals surface area contributed by atoms with Crippen molar-refractivity contribution in [1.82, 2.24) is 0 Å². The summed E-state index contributed by atoms with van der Waals surface area (Å²) >= 11 is 1.41. The molecule has 24 heavy (non-hydrogen) atoms. The molecular formula is C20H18O3S. The molecule has 0 aliphatic carbocycles. The van der Waals surface area contributed by atoms with Gasteiger partial charge < -0.3 is 4.74 Å². The molecule has 3 rings (SSSR count). The van der Waals surface area contributed by atoms with Gasteiger partial charge in [0.15, 0.2) is 5.78 Å². The summed E-state index contributed by atoms with van der Waals surface area (Å²) in [6.45, 7) is 5.87. The molecule has 1 atom stereocenters. The highest BCUT2D eigenvalue weighted by atomic mass is 32.2. The molecule has 0 saturated heterocycles. The third-order valence-corrected chi connectivity index (χ3v) is 5.19. The molecule has 1 aliphatic heterocycles. The third-order valence-electron chi connectivity index (χ3n) is 3.93. The average Bonchev–Trinajstić information content (AvgIpc) is 2.60. The predicted octanol–water partition coefficient (Wildman–Crippen LogP) is 4.43. The van der Waals surface area contributed by atoms with E-state index in [1.54, 1.807) is 6.08 Å². The lowest BCUT2D eigenvalue weighted by Gasteiger charge is -2.22. The van der Waals surface area contributed by atoms with E-state index in [0.717, 1.165) is 21.6 Å². The van der Waals surface area contributed by atoms with E-state index in [2.05, 4.69) is 6.58 Å². The van der Waals surface area contributed by atoms with E-state index in [0.29, 0.717) is 5.56 Å². The minimum absolute atomic E-state index is 0.00439. The number of carbonyl (C=O) groups is 2. The molecule has 0 saturated carbocycles. The van der Waals surface area contributed by atoms with E-state index in [9.17, 15) is 9.59 Å². The van der Waals surface area contributed by atoms with E-state index in [4.69, 9.17) is 4.74 Å². The first-order valence-electron chi connectivity index (χ1n) is 7.75. The van der Waals surface area contributed by atoms with Crippen molar-refractivity contribution in [1.29, 1.82) is 0 Å². The second-order valence-corrected chi connectivity index (χ2v) is 7.03. The Morgan fingerprint density at radius 1 is 1.29 bits per heavy atom. The van der Waals surface area contributed by atoms with Gasteiger partial charge in [-0.15, -0.1) is 11.8 Å². The zero-order valence-electron chi connectivity index (χ0n) is 13.5. The number of benzene rings is 2. The molecule has 0 amide bonds. The second-order valence-electron chi connectivity index (χ2n) is 5.79. The normalized spacial score (nSPS) is 16.4. The first-order valence-corrected chi connectivity index (χ1v) is 8.63. The van der Waals surface area contributed by atoms with Crippen LogP contribution in [0.25, 0.3) is 6.08 Å². The molecule has 0 N–H and O–H groups in total. The predicted molar refractivity (Wildman–Crippen MR) is 96.1 cm³/mol. The number of Topliss-reactive ketones (excluding diaryl/α,β-unsaturated/α-hetero) is 1. The fourth-order valence-electron chi connectivity index (χ4n) is 2.57. The zero-order valence-corrected chi connectivity index (χ0v) is 14.3. The van der Waals surface area contributed by atoms with Crippen molar-refractivity contribution >= 4 is 29.6 Å². The summed E-state index contributed by atoms with van der Waals surface area (Å²) in [7, 11) is 0. The van der Waals surface area contributed by atoms with Crippen LogP contribution in [0.4, 0.5) is 0 Å². The van der Waals surface area contributed by atoms with E-state index < -0.39 is 5.25 Å². The summed E-state index contributed by atoms with van der Waals surface area (Å²) in [4.78, 5) is 25.4. The van der Waals surface area contributed by atoms with E-state index in [-0.39, 0.29) is 24.8 Å². The van der Waals surface area contributed by atoms with Gasteiger partial charge in [0.25, 0.3) is 0 Å². The van der Waals surface area contributed by atoms with Crippen molar-refractivity contribution in [2.45, 2.75) is 30.1 Å². The molecule has 3 nitrogen and oxygen atoms in total. The Morgan fingerprint density at radius 2 is 2.04 bits per heavy atom. The van der Waals surface area contributed by atoms with E-state index >= 15 is 0 Å². The number of esters is 1. The number of carbonyl (C=O) groups excluding carboxylic acids is 2. The first-order chi connectivity index (χ1) is 11.6. The van der Waals surface area contributed by atoms with Crippen molar-refractivity contribution in [3.05, 3.63) is 71.3 Å². The highest BCUT2D eigenvalue weighted by Gasteiger charge is 2.31. The second kappa shape index (κ2) is 7.05. The number of fused-ring (bicyclic) bond motifs is 1. The molecule has 0 radical (unpaired) electrons. The summed E-state index contributed by atoms with van der Waals surface area (Å²) in [5.74, 6) is -0.336. The summed E-state index contributed by atoms with van der Waals surface area (Å²) in [5.41, 5.74) is 3.69. The molecule has 1 unspecified atom stereocenters. The van der Waals surface area contributed by atoms with Crippen LogP contribution in [0.1, 0.15) is 33.5 Å². The summed E-state index contributed by atoms with van der Waals surface area (Å²) in [5, 5.41) is -0.472. The van der Waals surface area contributed by atoms with Gasteiger partial charge in [-0.2, -0.15) is 0 Å². The Bertz CT molecular complexity index is 793. The van der Waals surface area contributed by atoms with Gasteiger partial charge in [0.2, 0.25) is 0 Å². The van der Waals surface area contributed by atoms with Crippen molar-refractivity contribution in [2.24, 2.45) is 0 Å². The van der Waals surface area contributed by atoms with Crippen LogP contribution in [-0.4, -0.2) is 17.0 Å². The van der Waals surface area contributed by atoms with Crippen LogP contribution in [0.15, 0.2) is 53.9 Å². The lowest BCUT2D eigenvalue weighted by Crippen LogP contribution is -2.27. The standard InChI is InChI=1S/C20H18O3S/c1-3-14-5-7-15(8-6-14)12-23-20(22)19-11-17(21)16-10-13(2)4-9-18(16)24-19/h3-10,19H,1,11-12H2,2H3. The fourth-order valence-corrected chi connectivity index (χ4v) is 3.72. The molecule has 0 aromatic heterocycles. The largest absolute Gasteiger partial charge is 0.460 e. The van der Waals surface area contributed by atoms with Gasteiger partial charge >= 0.3 is 5.97 Å². The molecule has 2 aromatic rings. The molecule has 1 aliphatic rings. The average molecular weight is 338 g/mol. The minimum atomic E-state index is -0.472. The van der Waals surface area contributed by atoms with Crippen molar-refractivity contribution in [3.63, 3.8) is 0 Å². The fraction of sp³-hybridized carbons (Fsp3) is 0.200. The lowest BCUT2D eigenvalue weighted by atomic mass is 10.0. The zero-order chi connectivity index (χ0) is 17.1. The van der Waals surface area contributed by atoms with Crippen LogP contribution in [0.2, 0.25) is 0 Å². The Labute approximate surface area is 145 Å². The number of hydrogen-bond donors (Lipinski definition) is 0. The van der Waals surface area contributed by atoms with Crippen LogP contribution in [0.5, 0.6) is 0 Å². The lowest BCUT2D eigenvalue weighted by molar-refractivity contribution is -0.144. The van der Waals surface area contributed by atoms with Gasteiger partial charge in [0.05, 0.1) is 0 Å². The van der Waals surface area contributed by atoms with Gasteiger partial charge in [-0.1, -0.05) is 48.6 Å². The first kappa shape index (κ1) is 16.5. The number of hydrogen-bond acceptors (Lipinski definition) is 4. The highest BCUT2D eigenvalue weighted by molar-refractivity contribution is 8.00. The molecular weight excluding hydrogens is 320 g/mol. The molecule has 1 heterocycles. The van der Waals surface area contributed by atoms with Gasteiger partial charge in [0, 0.05) is 16.9 Å². The molecule has 0 fully saturated rings. The maximum Gasteiger partial charge on any atom is 0.320 e. The molecule has 0 bridgehead atoms. The Morgan fingerprint density at radius 3 is 2.75 bits per heavy atom. The Balaban J connectivity index is 1.64. The van der Waals surface area contributed by atoms with Crippen LogP contribution in [-0.2, 0) is 16.1 Å². The van der Waals surface area contributed by atoms with E-state index in [1.165, 1.54) is 11.8 Å². The van der Waals surface area contributed by atoms with E-state index in [1.807, 2.05) is 49.4 Å². The Hall–Kier alpha value is -2.33. The van der Waals surface area contributed by atoms with Gasteiger partial charge in [-0.25, -0.2) is 0 Å². The third kappa shape index (κ3) is 3.60. The van der Waals surface area contributed by atoms with Crippen molar-refractivity contribution in [3.8, 4) is 0 Å². The van der Waals surface area contributed by atoms with Crippen LogP contribution in [0.3, 0.4) is 0 Å². The molecule has 4 heteroatoms. The van der Waals surface area contributed by atoms with Crippen LogP contribution < -0.4 is 0 Å². The number of ether oxygens (including phenoxy) is 1. The maximum absolute atomic E-state index is 12.3. The van der Waals surface area contributed by atoms with Crippen LogP contribution in [0, 0.1) is 6.92 Å². The van der Waals surface area contributed by atoms with Gasteiger partial charge in [-0.05, 0) is 30.2 Å². The Kier molecular flexibility index (Phi) is 4.86. The highest BCUT2D eigenvalue weighted by Crippen LogP contribution is 2.36. The van der Waals surface area contributed by atoms with Crippen LogP contribution >= 0.6 is 11.8 Å². The quantitative estimate of drug-likeness (QED) is 0.774. The molecule has 122 valence electrons. The SMILES string of the molecule is C=Cc1ccc(COC(=O)C2CC(=O)c3cc(C)ccc3S2)cc1. The number of thioether (sulfide) groups is 1. The topological polar surface area (TPSA) is 43.4 Å². The molecule has 0 spiro atoms. The van der Waals surface area contributed by atoms with Gasteiger partial charge in [-0.3, -0.25) is 9.59 Å². The maximum atomic E-state index is 12.3. The number of ketones is 1. The number of rotatable bonds is 4. The van der Waals surface area contributed by atoms with Gasteiger partial charge in [0.1, 0.15) is 11.9 Å². The molecule has 2 aromatic carbocycles. The monoisotopic (exact) mass is 338 g/mol. The smallest absolute Gasteiger partial charge is 0.320 e. The summed E-state index contributed by atoms with van der Waals surface area (Å²) in [6.07, 6.45) is 1.95. The van der Waals surface area contributed by atoms with Crippen molar-refractivity contribution in [2.75, 3.05) is 0 Å². The minimum Gasteiger partial charge on any atom is -0.460 e. The summed E-state index contributed by atoms with van der Waals surface area (Å²) < 4.78 is 5.39.